The third-order valence-corrected chi connectivity index (χ3v) is 1.45. The molecule has 0 bridgehead atoms. The third kappa shape index (κ3) is 5.88. The Balaban J connectivity index is 0.000000189. The summed E-state index contributed by atoms with van der Waals surface area (Å²) in [5, 5.41) is 6.44. The van der Waals surface area contributed by atoms with E-state index in [2.05, 4.69) is 15.6 Å². The van der Waals surface area contributed by atoms with Gasteiger partial charge in [-0.2, -0.15) is 0 Å². The van der Waals surface area contributed by atoms with Gasteiger partial charge in [-0.3, -0.25) is 4.70 Å². The lowest BCUT2D eigenvalue weighted by molar-refractivity contribution is 0.534. The third-order valence-electron chi connectivity index (χ3n) is 1.45. The standard InChI is InChI=1S/C4H10N2.C4H5N.FH/c1-2-6-4-3-5-1;1-2-4-5-3-1;/h5-6H,1-4H2;1-5H;1H. The van der Waals surface area contributed by atoms with Crippen LogP contribution in [0.5, 0.6) is 0 Å². The fourth-order valence-corrected chi connectivity index (χ4v) is 0.881. The monoisotopic (exact) mass is 173 g/mol. The number of piperazine rings is 1. The molecule has 1 aliphatic rings. The van der Waals surface area contributed by atoms with Crippen molar-refractivity contribution in [1.82, 2.24) is 15.6 Å². The van der Waals surface area contributed by atoms with Gasteiger partial charge in [0.25, 0.3) is 0 Å². The first kappa shape index (κ1) is 11.1. The van der Waals surface area contributed by atoms with Crippen LogP contribution in [0.3, 0.4) is 0 Å². The van der Waals surface area contributed by atoms with E-state index in [0.717, 1.165) is 26.2 Å². The second kappa shape index (κ2) is 8.23. The maximum absolute atomic E-state index is 3.22. The van der Waals surface area contributed by atoms with Crippen LogP contribution in [0.1, 0.15) is 0 Å². The molecular formula is C8H16FN3. The second-order valence-electron chi connectivity index (χ2n) is 2.38. The van der Waals surface area contributed by atoms with Gasteiger partial charge in [0, 0.05) is 38.6 Å². The van der Waals surface area contributed by atoms with Gasteiger partial charge in [0.1, 0.15) is 0 Å². The molecule has 1 saturated heterocycles. The fourth-order valence-electron chi connectivity index (χ4n) is 0.881. The molecule has 0 aliphatic carbocycles. The lowest BCUT2D eigenvalue weighted by Gasteiger charge is -2.11. The van der Waals surface area contributed by atoms with Crippen molar-refractivity contribution in [3.8, 4) is 0 Å². The SMILES string of the molecule is C1CNCCN1.F.c1cc[nH]c1. The molecule has 0 amide bonds. The summed E-state index contributed by atoms with van der Waals surface area (Å²) in [4.78, 5) is 2.86. The van der Waals surface area contributed by atoms with E-state index in [1.807, 2.05) is 24.5 Å². The Hall–Kier alpha value is -0.870. The Morgan fingerprint density at radius 3 is 1.33 bits per heavy atom. The summed E-state index contributed by atoms with van der Waals surface area (Å²) >= 11 is 0. The van der Waals surface area contributed by atoms with Gasteiger partial charge in [-0.05, 0) is 12.1 Å². The van der Waals surface area contributed by atoms with E-state index in [0.29, 0.717) is 0 Å². The van der Waals surface area contributed by atoms with Crippen molar-refractivity contribution in [1.29, 1.82) is 0 Å². The van der Waals surface area contributed by atoms with Gasteiger partial charge in [0.05, 0.1) is 0 Å². The smallest absolute Gasteiger partial charge is 0.00772 e. The highest BCUT2D eigenvalue weighted by molar-refractivity contribution is 4.84. The summed E-state index contributed by atoms with van der Waals surface area (Å²) in [5.74, 6) is 0. The molecule has 0 saturated carbocycles. The van der Waals surface area contributed by atoms with Crippen LogP contribution >= 0.6 is 0 Å². The van der Waals surface area contributed by atoms with Crippen molar-refractivity contribution in [3.05, 3.63) is 24.5 Å². The average Bonchev–Trinajstić information content (AvgIpc) is 2.64. The minimum Gasteiger partial charge on any atom is -0.368 e. The molecule has 1 fully saturated rings. The van der Waals surface area contributed by atoms with Gasteiger partial charge in [0.15, 0.2) is 0 Å². The molecule has 1 aromatic rings. The molecule has 3 N–H and O–H groups in total. The molecule has 0 atom stereocenters. The average molecular weight is 173 g/mol. The van der Waals surface area contributed by atoms with Gasteiger partial charge >= 0.3 is 0 Å². The summed E-state index contributed by atoms with van der Waals surface area (Å²) in [7, 11) is 0. The number of halogens is 1. The first-order valence-electron chi connectivity index (χ1n) is 3.99. The predicted octanol–water partition coefficient (Wildman–Crippen LogP) is 0.346. The number of aromatic nitrogens is 1. The number of nitrogens with one attached hydrogen (secondary N) is 3. The van der Waals surface area contributed by atoms with E-state index in [4.69, 9.17) is 0 Å². The van der Waals surface area contributed by atoms with Crippen molar-refractivity contribution in [2.75, 3.05) is 26.2 Å². The van der Waals surface area contributed by atoms with Crippen molar-refractivity contribution >= 4 is 0 Å². The summed E-state index contributed by atoms with van der Waals surface area (Å²) in [6, 6.07) is 3.89. The molecule has 12 heavy (non-hydrogen) atoms. The molecule has 70 valence electrons. The molecule has 1 aliphatic heterocycles. The topological polar surface area (TPSA) is 39.8 Å². The van der Waals surface area contributed by atoms with E-state index in [-0.39, 0.29) is 4.70 Å². The molecule has 0 aromatic carbocycles. The van der Waals surface area contributed by atoms with Crippen molar-refractivity contribution in [2.45, 2.75) is 0 Å². The largest absolute Gasteiger partial charge is 0.368 e. The highest BCUT2D eigenvalue weighted by Gasteiger charge is 1.91. The van der Waals surface area contributed by atoms with Crippen LogP contribution in [0.25, 0.3) is 0 Å². The van der Waals surface area contributed by atoms with Crippen LogP contribution in [0.4, 0.5) is 4.70 Å². The van der Waals surface area contributed by atoms with E-state index < -0.39 is 0 Å². The molecule has 0 unspecified atom stereocenters. The van der Waals surface area contributed by atoms with Gasteiger partial charge in [-0.15, -0.1) is 0 Å². The Labute approximate surface area is 71.9 Å². The van der Waals surface area contributed by atoms with Crippen molar-refractivity contribution in [2.24, 2.45) is 0 Å². The quantitative estimate of drug-likeness (QED) is 0.529. The summed E-state index contributed by atoms with van der Waals surface area (Å²) in [6.07, 6.45) is 3.75. The van der Waals surface area contributed by atoms with Gasteiger partial charge < -0.3 is 15.6 Å². The Bertz CT molecular complexity index is 121. The predicted molar refractivity (Wildman–Crippen MR) is 49.0 cm³/mol. The van der Waals surface area contributed by atoms with Crippen LogP contribution in [0.15, 0.2) is 24.5 Å². The van der Waals surface area contributed by atoms with Crippen LogP contribution < -0.4 is 10.6 Å². The molecule has 3 nitrogen and oxygen atoms in total. The number of hydrogen-bond acceptors (Lipinski definition) is 2. The number of H-pyrrole nitrogens is 1. The lowest BCUT2D eigenvalue weighted by Crippen LogP contribution is -2.39. The Morgan fingerprint density at radius 2 is 1.17 bits per heavy atom. The normalized spacial score (nSPS) is 15.3. The highest BCUT2D eigenvalue weighted by Crippen LogP contribution is 1.72. The van der Waals surface area contributed by atoms with Crippen LogP contribution in [0, 0.1) is 0 Å². The number of aromatic amines is 1. The van der Waals surface area contributed by atoms with Crippen molar-refractivity contribution < 1.29 is 4.70 Å². The summed E-state index contributed by atoms with van der Waals surface area (Å²) in [6.45, 7) is 4.56. The van der Waals surface area contributed by atoms with E-state index >= 15 is 0 Å². The van der Waals surface area contributed by atoms with Gasteiger partial charge in [-0.1, -0.05) is 0 Å². The van der Waals surface area contributed by atoms with Gasteiger partial charge in [-0.25, -0.2) is 0 Å². The zero-order chi connectivity index (χ0) is 7.78. The number of rotatable bonds is 0. The Morgan fingerprint density at radius 1 is 0.750 bits per heavy atom. The van der Waals surface area contributed by atoms with E-state index in [1.54, 1.807) is 0 Å². The zero-order valence-electron chi connectivity index (χ0n) is 7.05. The molecule has 0 spiro atoms. The maximum Gasteiger partial charge on any atom is 0.00772 e. The molecule has 2 heterocycles. The zero-order valence-corrected chi connectivity index (χ0v) is 7.05. The minimum absolute atomic E-state index is 0. The van der Waals surface area contributed by atoms with Crippen LogP contribution in [-0.4, -0.2) is 31.2 Å². The summed E-state index contributed by atoms with van der Waals surface area (Å²) in [5.41, 5.74) is 0. The molecular weight excluding hydrogens is 157 g/mol. The molecule has 2 rings (SSSR count). The first-order chi connectivity index (χ1) is 5.50. The maximum atomic E-state index is 3.22. The first-order valence-corrected chi connectivity index (χ1v) is 3.99. The molecule has 0 radical (unpaired) electrons. The van der Waals surface area contributed by atoms with E-state index in [1.165, 1.54) is 0 Å². The molecule has 4 heteroatoms. The van der Waals surface area contributed by atoms with Crippen molar-refractivity contribution in [3.63, 3.8) is 0 Å². The van der Waals surface area contributed by atoms with Gasteiger partial charge in [0.2, 0.25) is 0 Å². The lowest BCUT2D eigenvalue weighted by atomic mass is 10.4. The molecule has 1 aromatic heterocycles. The fraction of sp³-hybridized carbons (Fsp3) is 0.500. The highest BCUT2D eigenvalue weighted by atomic mass is 19.0. The van der Waals surface area contributed by atoms with Crippen LogP contribution in [0.2, 0.25) is 0 Å². The number of hydrogen-bond donors (Lipinski definition) is 3. The minimum atomic E-state index is 0. The van der Waals surface area contributed by atoms with Crippen LogP contribution in [-0.2, 0) is 0 Å². The Kier molecular flexibility index (Phi) is 7.63. The second-order valence-corrected chi connectivity index (χ2v) is 2.38. The summed E-state index contributed by atoms with van der Waals surface area (Å²) < 4.78 is 0. The van der Waals surface area contributed by atoms with E-state index in [9.17, 15) is 0 Å².